The Morgan fingerprint density at radius 1 is 1.35 bits per heavy atom. The van der Waals surface area contributed by atoms with E-state index in [1.54, 1.807) is 24.3 Å². The molecular formula is C14H19ClO2. The summed E-state index contributed by atoms with van der Waals surface area (Å²) < 4.78 is 5.45. The van der Waals surface area contributed by atoms with Crippen molar-refractivity contribution in [1.29, 1.82) is 0 Å². The molecule has 3 heteroatoms. The smallest absolute Gasteiger partial charge is 0.339 e. The van der Waals surface area contributed by atoms with Gasteiger partial charge in [0, 0.05) is 0 Å². The van der Waals surface area contributed by atoms with Crippen molar-refractivity contribution in [3.8, 4) is 0 Å². The van der Waals surface area contributed by atoms with E-state index in [0.717, 1.165) is 25.7 Å². The molecule has 0 aliphatic carbocycles. The first-order chi connectivity index (χ1) is 8.19. The van der Waals surface area contributed by atoms with Gasteiger partial charge in [0.2, 0.25) is 0 Å². The van der Waals surface area contributed by atoms with Crippen molar-refractivity contribution in [2.45, 2.75) is 45.6 Å². The number of carbonyl (C=O) groups excluding carboxylic acids is 1. The maximum atomic E-state index is 11.9. The normalized spacial score (nSPS) is 12.2. The highest BCUT2D eigenvalue weighted by Gasteiger charge is 2.16. The second kappa shape index (κ2) is 7.33. The van der Waals surface area contributed by atoms with E-state index in [0.29, 0.717) is 10.6 Å². The van der Waals surface area contributed by atoms with Crippen LogP contribution in [0.25, 0.3) is 0 Å². The number of hydrogen-bond acceptors (Lipinski definition) is 2. The molecule has 0 aromatic heterocycles. The molecule has 1 aromatic carbocycles. The van der Waals surface area contributed by atoms with Gasteiger partial charge in [-0.2, -0.15) is 0 Å². The van der Waals surface area contributed by atoms with Crippen LogP contribution in [0.4, 0.5) is 0 Å². The lowest BCUT2D eigenvalue weighted by Crippen LogP contribution is -2.17. The Labute approximate surface area is 108 Å². The van der Waals surface area contributed by atoms with Crippen LogP contribution in [-0.2, 0) is 4.74 Å². The van der Waals surface area contributed by atoms with Gasteiger partial charge in [0.15, 0.2) is 0 Å². The summed E-state index contributed by atoms with van der Waals surface area (Å²) in [6.07, 6.45) is 3.95. The zero-order chi connectivity index (χ0) is 12.7. The van der Waals surface area contributed by atoms with Gasteiger partial charge in [-0.3, -0.25) is 0 Å². The Kier molecular flexibility index (Phi) is 6.06. The Bertz CT molecular complexity index is 363. The number of unbranched alkanes of at least 4 members (excludes halogenated alkanes) is 1. The Morgan fingerprint density at radius 2 is 2.06 bits per heavy atom. The van der Waals surface area contributed by atoms with E-state index in [1.807, 2.05) is 6.92 Å². The van der Waals surface area contributed by atoms with E-state index in [9.17, 15) is 4.79 Å². The molecule has 17 heavy (non-hydrogen) atoms. The molecule has 2 nitrogen and oxygen atoms in total. The fraction of sp³-hybridized carbons (Fsp3) is 0.500. The van der Waals surface area contributed by atoms with Gasteiger partial charge in [0.1, 0.15) is 6.10 Å². The molecule has 1 atom stereocenters. The van der Waals surface area contributed by atoms with Crippen molar-refractivity contribution in [2.75, 3.05) is 0 Å². The van der Waals surface area contributed by atoms with Crippen LogP contribution in [0.5, 0.6) is 0 Å². The molecule has 0 spiro atoms. The summed E-state index contributed by atoms with van der Waals surface area (Å²) >= 11 is 5.95. The van der Waals surface area contributed by atoms with Gasteiger partial charge in [-0.15, -0.1) is 0 Å². The first-order valence-corrected chi connectivity index (χ1v) is 6.52. The molecule has 0 N–H and O–H groups in total. The first-order valence-electron chi connectivity index (χ1n) is 6.14. The molecule has 0 aliphatic rings. The van der Waals surface area contributed by atoms with Gasteiger partial charge in [-0.05, 0) is 25.0 Å². The molecule has 0 saturated carbocycles. The maximum absolute atomic E-state index is 11.9. The van der Waals surface area contributed by atoms with Gasteiger partial charge >= 0.3 is 5.97 Å². The third-order valence-corrected chi connectivity index (χ3v) is 3.03. The third-order valence-electron chi connectivity index (χ3n) is 2.70. The standard InChI is InChI=1S/C14H19ClO2/c1-3-5-8-11(4-2)17-14(16)12-9-6-7-10-13(12)15/h6-7,9-11H,3-5,8H2,1-2H3. The molecule has 0 bridgehead atoms. The predicted octanol–water partition coefficient (Wildman–Crippen LogP) is 4.47. The molecule has 0 saturated heterocycles. The van der Waals surface area contributed by atoms with Crippen molar-refractivity contribution in [3.05, 3.63) is 34.9 Å². The first kappa shape index (κ1) is 14.0. The second-order valence-electron chi connectivity index (χ2n) is 4.06. The highest BCUT2D eigenvalue weighted by atomic mass is 35.5. The lowest BCUT2D eigenvalue weighted by atomic mass is 10.1. The molecule has 0 heterocycles. The quantitative estimate of drug-likeness (QED) is 0.701. The third kappa shape index (κ3) is 4.39. The summed E-state index contributed by atoms with van der Waals surface area (Å²) in [7, 11) is 0. The van der Waals surface area contributed by atoms with E-state index in [-0.39, 0.29) is 12.1 Å². The van der Waals surface area contributed by atoms with Crippen LogP contribution in [0.15, 0.2) is 24.3 Å². The van der Waals surface area contributed by atoms with E-state index < -0.39 is 0 Å². The molecule has 94 valence electrons. The number of benzene rings is 1. The SMILES string of the molecule is CCCCC(CC)OC(=O)c1ccccc1Cl. The number of ether oxygens (including phenoxy) is 1. The number of esters is 1. The summed E-state index contributed by atoms with van der Waals surface area (Å²) in [5, 5.41) is 0.447. The van der Waals surface area contributed by atoms with Crippen LogP contribution in [0.3, 0.4) is 0 Å². The Hall–Kier alpha value is -1.02. The minimum atomic E-state index is -0.321. The molecule has 0 aliphatic heterocycles. The van der Waals surface area contributed by atoms with Crippen LogP contribution in [-0.4, -0.2) is 12.1 Å². The number of hydrogen-bond donors (Lipinski definition) is 0. The summed E-state index contributed by atoms with van der Waals surface area (Å²) in [5.41, 5.74) is 0.448. The zero-order valence-corrected chi connectivity index (χ0v) is 11.2. The lowest BCUT2D eigenvalue weighted by Gasteiger charge is -2.16. The molecular weight excluding hydrogens is 236 g/mol. The fourth-order valence-corrected chi connectivity index (χ4v) is 1.83. The lowest BCUT2D eigenvalue weighted by molar-refractivity contribution is 0.0268. The topological polar surface area (TPSA) is 26.3 Å². The molecule has 0 radical (unpaired) electrons. The minimum Gasteiger partial charge on any atom is -0.459 e. The van der Waals surface area contributed by atoms with Gasteiger partial charge in [-0.25, -0.2) is 4.79 Å². The van der Waals surface area contributed by atoms with Crippen molar-refractivity contribution in [1.82, 2.24) is 0 Å². The monoisotopic (exact) mass is 254 g/mol. The number of carbonyl (C=O) groups is 1. The van der Waals surface area contributed by atoms with Crippen LogP contribution in [0, 0.1) is 0 Å². The number of halogens is 1. The maximum Gasteiger partial charge on any atom is 0.339 e. The summed E-state index contributed by atoms with van der Waals surface area (Å²) in [5.74, 6) is -0.321. The van der Waals surface area contributed by atoms with Gasteiger partial charge in [0.25, 0.3) is 0 Å². The van der Waals surface area contributed by atoms with E-state index in [4.69, 9.17) is 16.3 Å². The van der Waals surface area contributed by atoms with Crippen molar-refractivity contribution in [2.24, 2.45) is 0 Å². The van der Waals surface area contributed by atoms with E-state index >= 15 is 0 Å². The van der Waals surface area contributed by atoms with Crippen molar-refractivity contribution in [3.63, 3.8) is 0 Å². The van der Waals surface area contributed by atoms with Crippen LogP contribution < -0.4 is 0 Å². The fourth-order valence-electron chi connectivity index (χ4n) is 1.62. The Morgan fingerprint density at radius 3 is 2.65 bits per heavy atom. The molecule has 1 aromatic rings. The summed E-state index contributed by atoms with van der Waals surface area (Å²) in [6.45, 7) is 4.16. The molecule has 0 amide bonds. The van der Waals surface area contributed by atoms with E-state index in [2.05, 4.69) is 6.92 Å². The second-order valence-corrected chi connectivity index (χ2v) is 4.46. The van der Waals surface area contributed by atoms with Gasteiger partial charge < -0.3 is 4.74 Å². The summed E-state index contributed by atoms with van der Waals surface area (Å²) in [4.78, 5) is 11.9. The largest absolute Gasteiger partial charge is 0.459 e. The number of rotatable bonds is 6. The molecule has 1 unspecified atom stereocenters. The van der Waals surface area contributed by atoms with Gasteiger partial charge in [0.05, 0.1) is 10.6 Å². The average Bonchev–Trinajstić information content (AvgIpc) is 2.34. The molecule has 1 rings (SSSR count). The van der Waals surface area contributed by atoms with Crippen molar-refractivity contribution < 1.29 is 9.53 Å². The van der Waals surface area contributed by atoms with Crippen LogP contribution in [0.2, 0.25) is 5.02 Å². The Balaban J connectivity index is 2.61. The average molecular weight is 255 g/mol. The van der Waals surface area contributed by atoms with Crippen molar-refractivity contribution >= 4 is 17.6 Å². The van der Waals surface area contributed by atoms with Gasteiger partial charge in [-0.1, -0.05) is 50.4 Å². The minimum absolute atomic E-state index is 0.00118. The van der Waals surface area contributed by atoms with Crippen LogP contribution >= 0.6 is 11.6 Å². The highest BCUT2D eigenvalue weighted by Crippen LogP contribution is 2.18. The zero-order valence-electron chi connectivity index (χ0n) is 10.4. The van der Waals surface area contributed by atoms with E-state index in [1.165, 1.54) is 0 Å². The summed E-state index contributed by atoms with van der Waals surface area (Å²) in [6, 6.07) is 6.98. The predicted molar refractivity (Wildman–Crippen MR) is 70.5 cm³/mol. The van der Waals surface area contributed by atoms with Crippen LogP contribution in [0.1, 0.15) is 49.9 Å². The molecule has 0 fully saturated rings. The highest BCUT2D eigenvalue weighted by molar-refractivity contribution is 6.33.